The fourth-order valence-electron chi connectivity index (χ4n) is 1.64. The first-order valence-electron chi connectivity index (χ1n) is 5.97. The lowest BCUT2D eigenvalue weighted by Gasteiger charge is -2.06. The van der Waals surface area contributed by atoms with Gasteiger partial charge in [0.25, 0.3) is 5.91 Å². The summed E-state index contributed by atoms with van der Waals surface area (Å²) >= 11 is 0. The Morgan fingerprint density at radius 2 is 2.00 bits per heavy atom. The second-order valence-electron chi connectivity index (χ2n) is 4.11. The van der Waals surface area contributed by atoms with Crippen molar-refractivity contribution < 1.29 is 24.2 Å². The molecule has 6 nitrogen and oxygen atoms in total. The number of hydrogen-bond acceptors (Lipinski definition) is 4. The Bertz CT molecular complexity index is 659. The number of phenolic OH excluding ortho intramolecular Hbond substituents is 1. The molecule has 0 aliphatic rings. The number of benzene rings is 1. The highest BCUT2D eigenvalue weighted by atomic mass is 16.4. The van der Waals surface area contributed by atoms with Crippen molar-refractivity contribution in [1.29, 1.82) is 0 Å². The van der Waals surface area contributed by atoms with Gasteiger partial charge in [-0.25, -0.2) is 4.79 Å². The summed E-state index contributed by atoms with van der Waals surface area (Å²) in [4.78, 5) is 22.8. The molecular weight excluding hydrogens is 262 g/mol. The highest BCUT2D eigenvalue weighted by Gasteiger charge is 2.14. The number of carboxylic acids is 1. The number of aryl methyl sites for hydroxylation is 1. The minimum Gasteiger partial charge on any atom is -0.506 e. The van der Waals surface area contributed by atoms with Crippen molar-refractivity contribution in [2.24, 2.45) is 0 Å². The molecule has 0 radical (unpaired) electrons. The Kier molecular flexibility index (Phi) is 3.74. The molecule has 1 aromatic heterocycles. The number of nitrogens with one attached hydrogen (secondary N) is 1. The summed E-state index contributed by atoms with van der Waals surface area (Å²) in [5, 5.41) is 20.9. The van der Waals surface area contributed by atoms with E-state index in [-0.39, 0.29) is 22.8 Å². The Balaban J connectivity index is 2.22. The number of carbonyl (C=O) groups is 2. The van der Waals surface area contributed by atoms with Gasteiger partial charge in [-0.15, -0.1) is 0 Å². The van der Waals surface area contributed by atoms with Gasteiger partial charge in [0.15, 0.2) is 5.76 Å². The molecule has 0 saturated heterocycles. The van der Waals surface area contributed by atoms with Gasteiger partial charge in [0.2, 0.25) is 0 Å². The van der Waals surface area contributed by atoms with Crippen molar-refractivity contribution in [2.45, 2.75) is 13.3 Å². The van der Waals surface area contributed by atoms with Crippen LogP contribution in [0.4, 0.5) is 5.69 Å². The maximum atomic E-state index is 11.9. The second kappa shape index (κ2) is 5.48. The summed E-state index contributed by atoms with van der Waals surface area (Å²) in [7, 11) is 0. The molecule has 0 aliphatic heterocycles. The predicted molar refractivity (Wildman–Crippen MR) is 71.1 cm³/mol. The van der Waals surface area contributed by atoms with E-state index in [0.717, 1.165) is 0 Å². The highest BCUT2D eigenvalue weighted by Crippen LogP contribution is 2.25. The summed E-state index contributed by atoms with van der Waals surface area (Å²) in [6.45, 7) is 1.89. The number of carbonyl (C=O) groups excluding carboxylic acids is 1. The van der Waals surface area contributed by atoms with E-state index in [1.165, 1.54) is 24.3 Å². The number of phenols is 1. The molecule has 0 spiro atoms. The van der Waals surface area contributed by atoms with Crippen molar-refractivity contribution in [3.05, 3.63) is 47.4 Å². The standard InChI is InChI=1S/C14H13NO5/c1-2-9-4-6-12(20-9)13(17)15-10-7-8(14(18)19)3-5-11(10)16/h3-7,16H,2H2,1H3,(H,15,17)(H,18,19). The van der Waals surface area contributed by atoms with Crippen LogP contribution < -0.4 is 5.32 Å². The van der Waals surface area contributed by atoms with Crippen LogP contribution in [0.15, 0.2) is 34.7 Å². The van der Waals surface area contributed by atoms with Gasteiger partial charge in [-0.2, -0.15) is 0 Å². The van der Waals surface area contributed by atoms with Gasteiger partial charge in [0.1, 0.15) is 11.5 Å². The fourth-order valence-corrected chi connectivity index (χ4v) is 1.64. The predicted octanol–water partition coefficient (Wildman–Crippen LogP) is 2.50. The van der Waals surface area contributed by atoms with Gasteiger partial charge >= 0.3 is 5.97 Å². The van der Waals surface area contributed by atoms with E-state index in [4.69, 9.17) is 9.52 Å². The van der Waals surface area contributed by atoms with Crippen LogP contribution in [0.3, 0.4) is 0 Å². The van der Waals surface area contributed by atoms with E-state index in [9.17, 15) is 14.7 Å². The Morgan fingerprint density at radius 1 is 1.25 bits per heavy atom. The summed E-state index contributed by atoms with van der Waals surface area (Å²) in [6.07, 6.45) is 0.660. The zero-order valence-electron chi connectivity index (χ0n) is 10.7. The van der Waals surface area contributed by atoms with Crippen LogP contribution in [0.1, 0.15) is 33.6 Å². The minimum atomic E-state index is -1.15. The lowest BCUT2D eigenvalue weighted by Crippen LogP contribution is -2.11. The molecule has 104 valence electrons. The van der Waals surface area contributed by atoms with Gasteiger partial charge in [0.05, 0.1) is 11.3 Å². The second-order valence-corrected chi connectivity index (χ2v) is 4.11. The van der Waals surface area contributed by atoms with Crippen molar-refractivity contribution in [3.8, 4) is 5.75 Å². The van der Waals surface area contributed by atoms with Crippen LogP contribution in [0.25, 0.3) is 0 Å². The molecule has 0 saturated carbocycles. The molecular formula is C14H13NO5. The van der Waals surface area contributed by atoms with Gasteiger partial charge < -0.3 is 19.9 Å². The molecule has 1 amide bonds. The Hall–Kier alpha value is -2.76. The first-order chi connectivity index (χ1) is 9.51. The number of hydrogen-bond donors (Lipinski definition) is 3. The van der Waals surface area contributed by atoms with E-state index >= 15 is 0 Å². The van der Waals surface area contributed by atoms with Gasteiger partial charge in [-0.3, -0.25) is 4.79 Å². The number of aromatic hydroxyl groups is 1. The maximum absolute atomic E-state index is 11.9. The van der Waals surface area contributed by atoms with Crippen LogP contribution in [-0.2, 0) is 6.42 Å². The largest absolute Gasteiger partial charge is 0.506 e. The molecule has 1 aromatic carbocycles. The summed E-state index contributed by atoms with van der Waals surface area (Å²) in [5.41, 5.74) is -0.0175. The van der Waals surface area contributed by atoms with Crippen molar-refractivity contribution in [1.82, 2.24) is 0 Å². The van der Waals surface area contributed by atoms with E-state index in [2.05, 4.69) is 5.32 Å². The molecule has 1 heterocycles. The fraction of sp³-hybridized carbons (Fsp3) is 0.143. The van der Waals surface area contributed by atoms with Crippen LogP contribution in [0, 0.1) is 0 Å². The quantitative estimate of drug-likeness (QED) is 0.744. The van der Waals surface area contributed by atoms with Crippen molar-refractivity contribution in [3.63, 3.8) is 0 Å². The average Bonchev–Trinajstić information content (AvgIpc) is 2.89. The van der Waals surface area contributed by atoms with E-state index < -0.39 is 11.9 Å². The molecule has 0 bridgehead atoms. The maximum Gasteiger partial charge on any atom is 0.335 e. The zero-order valence-corrected chi connectivity index (χ0v) is 10.7. The summed E-state index contributed by atoms with van der Waals surface area (Å²) < 4.78 is 5.27. The van der Waals surface area contributed by atoms with Crippen LogP contribution in [0.5, 0.6) is 5.75 Å². The summed E-state index contributed by atoms with van der Waals surface area (Å²) in [5.74, 6) is -1.15. The van der Waals surface area contributed by atoms with Gasteiger partial charge in [0, 0.05) is 6.42 Å². The molecule has 2 rings (SSSR count). The molecule has 0 fully saturated rings. The average molecular weight is 275 g/mol. The normalized spacial score (nSPS) is 10.2. The van der Waals surface area contributed by atoms with E-state index in [0.29, 0.717) is 12.2 Å². The first-order valence-corrected chi connectivity index (χ1v) is 5.97. The van der Waals surface area contributed by atoms with Gasteiger partial charge in [-0.05, 0) is 30.3 Å². The van der Waals surface area contributed by atoms with Crippen LogP contribution >= 0.6 is 0 Å². The SMILES string of the molecule is CCc1ccc(C(=O)Nc2cc(C(=O)O)ccc2O)o1. The third-order valence-electron chi connectivity index (χ3n) is 2.73. The molecule has 0 atom stereocenters. The third kappa shape index (κ3) is 2.80. The highest BCUT2D eigenvalue weighted by molar-refractivity contribution is 6.03. The molecule has 2 aromatic rings. The molecule has 6 heteroatoms. The first kappa shape index (κ1) is 13.7. The third-order valence-corrected chi connectivity index (χ3v) is 2.73. The number of carboxylic acid groups (broad SMARTS) is 1. The van der Waals surface area contributed by atoms with E-state index in [1.807, 2.05) is 6.92 Å². The molecule has 0 aliphatic carbocycles. The van der Waals surface area contributed by atoms with Crippen LogP contribution in [-0.4, -0.2) is 22.1 Å². The monoisotopic (exact) mass is 275 g/mol. The Morgan fingerprint density at radius 3 is 2.60 bits per heavy atom. The Labute approximate surface area is 114 Å². The van der Waals surface area contributed by atoms with E-state index in [1.54, 1.807) is 6.07 Å². The number of rotatable bonds is 4. The molecule has 20 heavy (non-hydrogen) atoms. The van der Waals surface area contributed by atoms with Crippen molar-refractivity contribution in [2.75, 3.05) is 5.32 Å². The zero-order chi connectivity index (χ0) is 14.7. The summed E-state index contributed by atoms with van der Waals surface area (Å²) in [6, 6.07) is 6.84. The number of anilines is 1. The van der Waals surface area contributed by atoms with Gasteiger partial charge in [-0.1, -0.05) is 6.92 Å². The number of amides is 1. The lowest BCUT2D eigenvalue weighted by atomic mass is 10.2. The minimum absolute atomic E-state index is 0.0179. The number of furan rings is 1. The van der Waals surface area contributed by atoms with Crippen LogP contribution in [0.2, 0.25) is 0 Å². The van der Waals surface area contributed by atoms with Crippen molar-refractivity contribution >= 4 is 17.6 Å². The number of aromatic carboxylic acids is 1. The molecule has 3 N–H and O–H groups in total. The smallest absolute Gasteiger partial charge is 0.335 e. The lowest BCUT2D eigenvalue weighted by molar-refractivity contribution is 0.0696. The molecule has 0 unspecified atom stereocenters. The topological polar surface area (TPSA) is 99.8 Å².